The summed E-state index contributed by atoms with van der Waals surface area (Å²) in [5.41, 5.74) is 2.24. The van der Waals surface area contributed by atoms with Gasteiger partial charge in [-0.15, -0.1) is 0 Å². The molecule has 0 bridgehead atoms. The molecule has 0 atom stereocenters. The summed E-state index contributed by atoms with van der Waals surface area (Å²) in [6.07, 6.45) is 9.27. The summed E-state index contributed by atoms with van der Waals surface area (Å²) in [5.74, 6) is -1.33. The van der Waals surface area contributed by atoms with Gasteiger partial charge in [-0.3, -0.25) is 0 Å². The smallest absolute Gasteiger partial charge is 0.201 e. The molecule has 0 amide bonds. The third-order valence-corrected chi connectivity index (χ3v) is 4.68. The number of ether oxygens (including phenoxy) is 1. The zero-order valence-electron chi connectivity index (χ0n) is 13.9. The summed E-state index contributed by atoms with van der Waals surface area (Å²) in [5, 5.41) is 0. The second-order valence-electron chi connectivity index (χ2n) is 6.28. The van der Waals surface area contributed by atoms with Gasteiger partial charge in [0.2, 0.25) is 5.82 Å². The molecule has 3 heteroatoms. The molecule has 0 unspecified atom stereocenters. The Labute approximate surface area is 142 Å². The van der Waals surface area contributed by atoms with Crippen molar-refractivity contribution < 1.29 is 13.5 Å². The number of allylic oxidation sites excluding steroid dienone is 1. The van der Waals surface area contributed by atoms with E-state index in [0.717, 1.165) is 0 Å². The monoisotopic (exact) mass is 328 g/mol. The zero-order chi connectivity index (χ0) is 16.9. The van der Waals surface area contributed by atoms with E-state index < -0.39 is 11.6 Å². The SMILES string of the molecule is C/C=C\Oc1ccc(-c2ccc(C3CCCCC3)cc2)c(F)c1F. The van der Waals surface area contributed by atoms with Crippen molar-refractivity contribution in [2.24, 2.45) is 0 Å². The van der Waals surface area contributed by atoms with Gasteiger partial charge in [0.15, 0.2) is 11.6 Å². The highest BCUT2D eigenvalue weighted by Gasteiger charge is 2.18. The summed E-state index contributed by atoms with van der Waals surface area (Å²) < 4.78 is 33.5. The van der Waals surface area contributed by atoms with Crippen molar-refractivity contribution in [3.05, 3.63) is 65.9 Å². The van der Waals surface area contributed by atoms with Crippen molar-refractivity contribution in [2.75, 3.05) is 0 Å². The van der Waals surface area contributed by atoms with E-state index in [1.54, 1.807) is 19.1 Å². The average Bonchev–Trinajstić information content (AvgIpc) is 2.64. The fraction of sp³-hybridized carbons (Fsp3) is 0.333. The van der Waals surface area contributed by atoms with E-state index in [1.165, 1.54) is 50.0 Å². The van der Waals surface area contributed by atoms with Crippen LogP contribution in [-0.2, 0) is 0 Å². The van der Waals surface area contributed by atoms with E-state index in [2.05, 4.69) is 0 Å². The molecule has 2 aromatic rings. The van der Waals surface area contributed by atoms with Gasteiger partial charge in [0, 0.05) is 5.56 Å². The number of halogens is 2. The first-order valence-corrected chi connectivity index (χ1v) is 8.57. The second kappa shape index (κ2) is 7.61. The van der Waals surface area contributed by atoms with Crippen LogP contribution in [0.4, 0.5) is 8.78 Å². The summed E-state index contributed by atoms with van der Waals surface area (Å²) in [6.45, 7) is 1.75. The second-order valence-corrected chi connectivity index (χ2v) is 6.28. The van der Waals surface area contributed by atoms with Crippen LogP contribution in [0, 0.1) is 11.6 Å². The molecule has 0 spiro atoms. The first-order valence-electron chi connectivity index (χ1n) is 8.57. The average molecular weight is 328 g/mol. The molecular weight excluding hydrogens is 306 g/mol. The highest BCUT2D eigenvalue weighted by molar-refractivity contribution is 5.65. The summed E-state index contributed by atoms with van der Waals surface area (Å²) in [7, 11) is 0. The Morgan fingerprint density at radius 2 is 1.62 bits per heavy atom. The third-order valence-electron chi connectivity index (χ3n) is 4.68. The molecule has 3 rings (SSSR count). The lowest BCUT2D eigenvalue weighted by Crippen LogP contribution is -2.04. The number of hydrogen-bond acceptors (Lipinski definition) is 1. The zero-order valence-corrected chi connectivity index (χ0v) is 13.9. The van der Waals surface area contributed by atoms with E-state index in [4.69, 9.17) is 4.74 Å². The van der Waals surface area contributed by atoms with Crippen LogP contribution in [0.15, 0.2) is 48.7 Å². The van der Waals surface area contributed by atoms with E-state index in [-0.39, 0.29) is 11.3 Å². The van der Waals surface area contributed by atoms with Crippen LogP contribution in [0.1, 0.15) is 50.5 Å². The molecule has 1 fully saturated rings. The molecule has 0 aromatic heterocycles. The summed E-state index contributed by atoms with van der Waals surface area (Å²) in [6, 6.07) is 10.9. The van der Waals surface area contributed by atoms with Gasteiger partial charge in [-0.2, -0.15) is 4.39 Å². The molecule has 24 heavy (non-hydrogen) atoms. The summed E-state index contributed by atoms with van der Waals surface area (Å²) in [4.78, 5) is 0. The number of rotatable bonds is 4. The van der Waals surface area contributed by atoms with Crippen LogP contribution >= 0.6 is 0 Å². The van der Waals surface area contributed by atoms with Crippen molar-refractivity contribution in [1.82, 2.24) is 0 Å². The highest BCUT2D eigenvalue weighted by atomic mass is 19.2. The lowest BCUT2D eigenvalue weighted by atomic mass is 9.83. The van der Waals surface area contributed by atoms with Crippen LogP contribution in [0.25, 0.3) is 11.1 Å². The molecule has 126 valence electrons. The molecule has 0 N–H and O–H groups in total. The van der Waals surface area contributed by atoms with Gasteiger partial charge in [-0.05, 0) is 48.9 Å². The van der Waals surface area contributed by atoms with Crippen molar-refractivity contribution in [2.45, 2.75) is 44.9 Å². The normalized spacial score (nSPS) is 15.8. The molecule has 0 saturated heterocycles. The van der Waals surface area contributed by atoms with Gasteiger partial charge < -0.3 is 4.74 Å². The van der Waals surface area contributed by atoms with E-state index in [1.807, 2.05) is 24.3 Å². The fourth-order valence-corrected chi connectivity index (χ4v) is 3.36. The molecule has 2 aromatic carbocycles. The Balaban J connectivity index is 1.84. The van der Waals surface area contributed by atoms with Gasteiger partial charge in [0.25, 0.3) is 0 Å². The quantitative estimate of drug-likeness (QED) is 0.575. The van der Waals surface area contributed by atoms with Crippen molar-refractivity contribution in [1.29, 1.82) is 0 Å². The van der Waals surface area contributed by atoms with Gasteiger partial charge in [0.05, 0.1) is 6.26 Å². The lowest BCUT2D eigenvalue weighted by molar-refractivity contribution is 0.415. The van der Waals surface area contributed by atoms with Gasteiger partial charge in [0.1, 0.15) is 0 Å². The van der Waals surface area contributed by atoms with Crippen LogP contribution in [0.3, 0.4) is 0 Å². The Hall–Kier alpha value is -2.16. The molecular formula is C21H22F2O. The Bertz CT molecular complexity index is 713. The van der Waals surface area contributed by atoms with Crippen molar-refractivity contribution in [3.8, 4) is 16.9 Å². The highest BCUT2D eigenvalue weighted by Crippen LogP contribution is 2.35. The molecule has 1 aliphatic carbocycles. The minimum atomic E-state index is -0.957. The molecule has 1 saturated carbocycles. The Kier molecular flexibility index (Phi) is 5.29. The molecule has 1 nitrogen and oxygen atoms in total. The van der Waals surface area contributed by atoms with Gasteiger partial charge >= 0.3 is 0 Å². The third kappa shape index (κ3) is 3.50. The van der Waals surface area contributed by atoms with Gasteiger partial charge in [-0.25, -0.2) is 4.39 Å². The predicted molar refractivity (Wildman–Crippen MR) is 93.1 cm³/mol. The Morgan fingerprint density at radius 1 is 0.917 bits per heavy atom. The summed E-state index contributed by atoms with van der Waals surface area (Å²) >= 11 is 0. The minimum Gasteiger partial charge on any atom is -0.462 e. The number of benzene rings is 2. The Morgan fingerprint density at radius 3 is 2.29 bits per heavy atom. The van der Waals surface area contributed by atoms with E-state index >= 15 is 0 Å². The first-order chi connectivity index (χ1) is 11.7. The van der Waals surface area contributed by atoms with Crippen molar-refractivity contribution in [3.63, 3.8) is 0 Å². The maximum absolute atomic E-state index is 14.4. The maximum Gasteiger partial charge on any atom is 0.201 e. The van der Waals surface area contributed by atoms with E-state index in [0.29, 0.717) is 11.5 Å². The molecule has 0 aliphatic heterocycles. The van der Waals surface area contributed by atoms with E-state index in [9.17, 15) is 8.78 Å². The fourth-order valence-electron chi connectivity index (χ4n) is 3.36. The predicted octanol–water partition coefficient (Wildman–Crippen LogP) is 6.59. The van der Waals surface area contributed by atoms with Crippen molar-refractivity contribution >= 4 is 0 Å². The minimum absolute atomic E-state index is 0.104. The van der Waals surface area contributed by atoms with Crippen LogP contribution in [0.2, 0.25) is 0 Å². The van der Waals surface area contributed by atoms with Crippen LogP contribution in [-0.4, -0.2) is 0 Å². The maximum atomic E-state index is 14.4. The first kappa shape index (κ1) is 16.7. The molecule has 0 radical (unpaired) electrons. The van der Waals surface area contributed by atoms with Gasteiger partial charge in [-0.1, -0.05) is 49.6 Å². The van der Waals surface area contributed by atoms with Crippen LogP contribution < -0.4 is 4.74 Å². The molecule has 0 heterocycles. The topological polar surface area (TPSA) is 9.23 Å². The van der Waals surface area contributed by atoms with Crippen LogP contribution in [0.5, 0.6) is 5.75 Å². The molecule has 1 aliphatic rings. The number of hydrogen-bond donors (Lipinski definition) is 0. The lowest BCUT2D eigenvalue weighted by Gasteiger charge is -2.22. The standard InChI is InChI=1S/C21H22F2O/c1-2-14-24-19-13-12-18(20(22)21(19)23)17-10-8-16(9-11-17)15-6-4-3-5-7-15/h2,8-15H,3-7H2,1H3/b14-2-. The largest absolute Gasteiger partial charge is 0.462 e.